The molecule has 0 unspecified atom stereocenters. The number of aromatic nitrogens is 2. The van der Waals surface area contributed by atoms with Crippen molar-refractivity contribution in [3.05, 3.63) is 78.0 Å². The zero-order valence-electron chi connectivity index (χ0n) is 13.4. The minimum atomic E-state index is -0.814. The second kappa shape index (κ2) is 8.02. The van der Waals surface area contributed by atoms with Gasteiger partial charge < -0.3 is 10.1 Å². The second-order valence-corrected chi connectivity index (χ2v) is 5.21. The van der Waals surface area contributed by atoms with Gasteiger partial charge in [0.15, 0.2) is 11.6 Å². The van der Waals surface area contributed by atoms with Gasteiger partial charge >= 0.3 is 12.0 Å². The first-order chi connectivity index (χ1) is 12.6. The van der Waals surface area contributed by atoms with Crippen molar-refractivity contribution in [1.82, 2.24) is 9.97 Å². The van der Waals surface area contributed by atoms with E-state index in [0.29, 0.717) is 11.3 Å². The Morgan fingerprint density at radius 2 is 1.85 bits per heavy atom. The third-order valence-corrected chi connectivity index (χ3v) is 3.24. The Bertz CT molecular complexity index is 907. The van der Waals surface area contributed by atoms with Crippen LogP contribution >= 0.6 is 0 Å². The maximum atomic E-state index is 13.8. The fourth-order valence-corrected chi connectivity index (χ4v) is 2.07. The molecule has 3 aromatic rings. The third kappa shape index (κ3) is 4.73. The van der Waals surface area contributed by atoms with Gasteiger partial charge in [-0.3, -0.25) is 5.32 Å². The zero-order chi connectivity index (χ0) is 18.4. The number of carbonyl (C=O) groups excluding carboxylic acids is 1. The number of carbonyl (C=O) groups is 1. The van der Waals surface area contributed by atoms with Crippen molar-refractivity contribution >= 4 is 17.5 Å². The molecule has 1 aromatic heterocycles. The van der Waals surface area contributed by atoms with E-state index in [-0.39, 0.29) is 18.4 Å². The van der Waals surface area contributed by atoms with E-state index in [2.05, 4.69) is 20.6 Å². The van der Waals surface area contributed by atoms with Crippen molar-refractivity contribution in [2.75, 3.05) is 10.6 Å². The molecule has 0 aliphatic rings. The number of rotatable bonds is 5. The lowest BCUT2D eigenvalue weighted by Gasteiger charge is -2.09. The van der Waals surface area contributed by atoms with E-state index in [1.54, 1.807) is 42.5 Å². The SMILES string of the molecule is O=C(Nc1ccccc1)Nc1nc(OCc2cccc(F)c2)ncc1F. The average molecular weight is 356 g/mol. The summed E-state index contributed by atoms with van der Waals surface area (Å²) >= 11 is 0. The van der Waals surface area contributed by atoms with E-state index in [1.807, 2.05) is 0 Å². The molecule has 2 amide bonds. The third-order valence-electron chi connectivity index (χ3n) is 3.24. The highest BCUT2D eigenvalue weighted by atomic mass is 19.1. The van der Waals surface area contributed by atoms with Gasteiger partial charge in [-0.15, -0.1) is 0 Å². The van der Waals surface area contributed by atoms with Gasteiger partial charge in [0.25, 0.3) is 0 Å². The second-order valence-electron chi connectivity index (χ2n) is 5.21. The van der Waals surface area contributed by atoms with Crippen molar-refractivity contribution in [3.63, 3.8) is 0 Å². The van der Waals surface area contributed by atoms with Crippen LogP contribution in [0.15, 0.2) is 60.8 Å². The molecule has 0 bridgehead atoms. The first kappa shape index (κ1) is 17.3. The number of ether oxygens (including phenoxy) is 1. The maximum Gasteiger partial charge on any atom is 0.324 e. The molecule has 1 heterocycles. The predicted molar refractivity (Wildman–Crippen MR) is 91.8 cm³/mol. The number of urea groups is 1. The summed E-state index contributed by atoms with van der Waals surface area (Å²) in [5.41, 5.74) is 1.11. The molecule has 3 rings (SSSR count). The molecule has 0 atom stereocenters. The Labute approximate surface area is 147 Å². The van der Waals surface area contributed by atoms with Crippen LogP contribution in [0.4, 0.5) is 25.1 Å². The van der Waals surface area contributed by atoms with Gasteiger partial charge in [-0.2, -0.15) is 4.98 Å². The summed E-state index contributed by atoms with van der Waals surface area (Å²) < 4.78 is 32.3. The number of nitrogens with one attached hydrogen (secondary N) is 2. The highest BCUT2D eigenvalue weighted by molar-refractivity contribution is 5.99. The van der Waals surface area contributed by atoms with E-state index in [4.69, 9.17) is 4.74 Å². The van der Waals surface area contributed by atoms with Crippen molar-refractivity contribution in [2.24, 2.45) is 0 Å². The van der Waals surface area contributed by atoms with E-state index in [9.17, 15) is 13.6 Å². The molecular formula is C18H14F2N4O2. The number of benzene rings is 2. The van der Waals surface area contributed by atoms with Gasteiger partial charge in [0, 0.05) is 5.69 Å². The molecular weight excluding hydrogens is 342 g/mol. The topological polar surface area (TPSA) is 76.1 Å². The van der Waals surface area contributed by atoms with E-state index in [0.717, 1.165) is 6.20 Å². The van der Waals surface area contributed by atoms with Crippen molar-refractivity contribution in [1.29, 1.82) is 0 Å². The van der Waals surface area contributed by atoms with E-state index >= 15 is 0 Å². The zero-order valence-corrected chi connectivity index (χ0v) is 13.4. The summed E-state index contributed by atoms with van der Waals surface area (Å²) in [5.74, 6) is -1.54. The molecule has 0 saturated carbocycles. The Hall–Kier alpha value is -3.55. The minimum Gasteiger partial charge on any atom is -0.459 e. The van der Waals surface area contributed by atoms with E-state index < -0.39 is 17.7 Å². The van der Waals surface area contributed by atoms with Crippen LogP contribution in [0.3, 0.4) is 0 Å². The summed E-state index contributed by atoms with van der Waals surface area (Å²) in [6.07, 6.45) is 0.881. The van der Waals surface area contributed by atoms with Crippen LogP contribution in [0.2, 0.25) is 0 Å². The lowest BCUT2D eigenvalue weighted by molar-refractivity contribution is 0.261. The average Bonchev–Trinajstić information content (AvgIpc) is 2.63. The van der Waals surface area contributed by atoms with Gasteiger partial charge in [0.1, 0.15) is 12.4 Å². The molecule has 6 nitrogen and oxygen atoms in total. The lowest BCUT2D eigenvalue weighted by atomic mass is 10.2. The smallest absolute Gasteiger partial charge is 0.324 e. The van der Waals surface area contributed by atoms with E-state index in [1.165, 1.54) is 12.1 Å². The standard InChI is InChI=1S/C18H14F2N4O2/c19-13-6-4-5-12(9-13)11-26-18-21-10-15(20)16(24-18)23-17(25)22-14-7-2-1-3-8-14/h1-10H,11H2,(H2,21,22,23,24,25). The monoisotopic (exact) mass is 356 g/mol. The highest BCUT2D eigenvalue weighted by Crippen LogP contribution is 2.15. The largest absolute Gasteiger partial charge is 0.459 e. The van der Waals surface area contributed by atoms with Gasteiger partial charge in [-0.05, 0) is 29.8 Å². The molecule has 26 heavy (non-hydrogen) atoms. The highest BCUT2D eigenvalue weighted by Gasteiger charge is 2.12. The van der Waals surface area contributed by atoms with Crippen molar-refractivity contribution in [3.8, 4) is 6.01 Å². The Morgan fingerprint density at radius 1 is 1.04 bits per heavy atom. The normalized spacial score (nSPS) is 10.2. The van der Waals surface area contributed by atoms with Gasteiger partial charge in [0.2, 0.25) is 0 Å². The molecule has 2 aromatic carbocycles. The summed E-state index contributed by atoms with van der Waals surface area (Å²) in [5, 5.41) is 4.83. The molecule has 132 valence electrons. The molecule has 0 aliphatic heterocycles. The van der Waals surface area contributed by atoms with Gasteiger partial charge in [-0.1, -0.05) is 30.3 Å². The van der Waals surface area contributed by atoms with Crippen LogP contribution in [0.25, 0.3) is 0 Å². The summed E-state index contributed by atoms with van der Waals surface area (Å²) in [7, 11) is 0. The molecule has 0 spiro atoms. The van der Waals surface area contributed by atoms with Crippen LogP contribution in [-0.2, 0) is 6.61 Å². The van der Waals surface area contributed by atoms with Crippen LogP contribution in [0.5, 0.6) is 6.01 Å². The fraction of sp³-hybridized carbons (Fsp3) is 0.0556. The summed E-state index contributed by atoms with van der Waals surface area (Å²) in [6.45, 7) is -0.000948. The fourth-order valence-electron chi connectivity index (χ4n) is 2.07. The molecule has 0 aliphatic carbocycles. The van der Waals surface area contributed by atoms with Crippen LogP contribution < -0.4 is 15.4 Å². The molecule has 2 N–H and O–H groups in total. The number of amides is 2. The first-order valence-corrected chi connectivity index (χ1v) is 7.63. The number of anilines is 2. The Morgan fingerprint density at radius 3 is 2.62 bits per heavy atom. The van der Waals surface area contributed by atoms with Crippen molar-refractivity contribution in [2.45, 2.75) is 6.61 Å². The number of para-hydroxylation sites is 1. The predicted octanol–water partition coefficient (Wildman–Crippen LogP) is 3.98. The van der Waals surface area contributed by atoms with Crippen LogP contribution in [-0.4, -0.2) is 16.0 Å². The summed E-state index contributed by atoms with van der Waals surface area (Å²) in [4.78, 5) is 19.4. The maximum absolute atomic E-state index is 13.8. The van der Waals surface area contributed by atoms with Crippen molar-refractivity contribution < 1.29 is 18.3 Å². The Balaban J connectivity index is 1.64. The molecule has 8 heteroatoms. The quantitative estimate of drug-likeness (QED) is 0.725. The van der Waals surface area contributed by atoms with Crippen LogP contribution in [0, 0.1) is 11.6 Å². The van der Waals surface area contributed by atoms with Gasteiger partial charge in [-0.25, -0.2) is 18.6 Å². The molecule has 0 fully saturated rings. The number of nitrogens with zero attached hydrogens (tertiary/aromatic N) is 2. The number of hydrogen-bond acceptors (Lipinski definition) is 4. The minimum absolute atomic E-state index is 0.000948. The Kier molecular flexibility index (Phi) is 5.33. The molecule has 0 saturated heterocycles. The lowest BCUT2D eigenvalue weighted by Crippen LogP contribution is -2.21. The summed E-state index contributed by atoms with van der Waals surface area (Å²) in [6, 6.07) is 13.7. The molecule has 0 radical (unpaired) electrons. The first-order valence-electron chi connectivity index (χ1n) is 7.63. The van der Waals surface area contributed by atoms with Gasteiger partial charge in [0.05, 0.1) is 6.20 Å². The van der Waals surface area contributed by atoms with Crippen LogP contribution in [0.1, 0.15) is 5.56 Å². The number of hydrogen-bond donors (Lipinski definition) is 2. The number of halogens is 2.